The summed E-state index contributed by atoms with van der Waals surface area (Å²) in [6, 6.07) is 4.69. The summed E-state index contributed by atoms with van der Waals surface area (Å²) in [6.07, 6.45) is 5.64. The van der Waals surface area contributed by atoms with E-state index in [4.69, 9.17) is 4.74 Å². The SMILES string of the molecule is O=C(NCC1CC2(CCOCC2)CN1C(=O)c1ccn2c(=O)[nH]nc2c1)c1ccn[nH]1. The Morgan fingerprint density at radius 2 is 2.10 bits per heavy atom. The first kappa shape index (κ1) is 19.5. The first-order valence-electron chi connectivity index (χ1n) is 10.3. The van der Waals surface area contributed by atoms with Crippen molar-refractivity contribution in [3.8, 4) is 0 Å². The number of carbonyl (C=O) groups excluding carboxylic acids is 2. The third-order valence-corrected chi connectivity index (χ3v) is 6.34. The van der Waals surface area contributed by atoms with Gasteiger partial charge < -0.3 is 15.0 Å². The molecule has 0 radical (unpaired) electrons. The van der Waals surface area contributed by atoms with Crippen molar-refractivity contribution in [2.24, 2.45) is 5.41 Å². The number of ether oxygens (including phenoxy) is 1. The third kappa shape index (κ3) is 3.61. The minimum absolute atomic E-state index is 0.00926. The van der Waals surface area contributed by atoms with Gasteiger partial charge in [0.05, 0.1) is 0 Å². The molecular formula is C20H23N7O4. The fourth-order valence-electron chi connectivity index (χ4n) is 4.64. The molecule has 3 N–H and O–H groups in total. The van der Waals surface area contributed by atoms with E-state index in [1.165, 1.54) is 10.6 Å². The normalized spacial score (nSPS) is 20.4. The van der Waals surface area contributed by atoms with Crippen LogP contribution in [0.15, 0.2) is 35.4 Å². The molecule has 0 aromatic carbocycles. The van der Waals surface area contributed by atoms with Gasteiger partial charge in [-0.2, -0.15) is 10.2 Å². The van der Waals surface area contributed by atoms with Crippen LogP contribution in [0.25, 0.3) is 5.65 Å². The lowest BCUT2D eigenvalue weighted by molar-refractivity contribution is 0.0190. The molecule has 3 aromatic heterocycles. The van der Waals surface area contributed by atoms with Crippen LogP contribution >= 0.6 is 0 Å². The number of pyridine rings is 1. The van der Waals surface area contributed by atoms with E-state index in [0.717, 1.165) is 19.3 Å². The molecule has 5 heterocycles. The van der Waals surface area contributed by atoms with Crippen molar-refractivity contribution >= 4 is 17.5 Å². The lowest BCUT2D eigenvalue weighted by Gasteiger charge is -2.33. The predicted molar refractivity (Wildman–Crippen MR) is 109 cm³/mol. The first-order valence-corrected chi connectivity index (χ1v) is 10.3. The largest absolute Gasteiger partial charge is 0.381 e. The van der Waals surface area contributed by atoms with Crippen molar-refractivity contribution in [3.05, 3.63) is 52.3 Å². The Morgan fingerprint density at radius 1 is 1.26 bits per heavy atom. The fraction of sp³-hybridized carbons (Fsp3) is 0.450. The predicted octanol–water partition coefficient (Wildman–Crippen LogP) is 0.187. The maximum Gasteiger partial charge on any atom is 0.347 e. The zero-order valence-electron chi connectivity index (χ0n) is 16.8. The van der Waals surface area contributed by atoms with Gasteiger partial charge in [-0.3, -0.25) is 19.1 Å². The Kier molecular flexibility index (Phi) is 4.81. The number of aromatic amines is 2. The zero-order chi connectivity index (χ0) is 21.4. The van der Waals surface area contributed by atoms with Crippen molar-refractivity contribution in [1.82, 2.24) is 35.0 Å². The number of nitrogens with zero attached hydrogens (tertiary/aromatic N) is 4. The number of aromatic nitrogens is 5. The molecule has 2 amide bonds. The second-order valence-electron chi connectivity index (χ2n) is 8.26. The molecule has 1 spiro atoms. The quantitative estimate of drug-likeness (QED) is 0.546. The topological polar surface area (TPSA) is 137 Å². The number of hydrogen-bond donors (Lipinski definition) is 3. The van der Waals surface area contributed by atoms with E-state index in [2.05, 4.69) is 25.7 Å². The molecule has 0 bridgehead atoms. The molecule has 1 atom stereocenters. The molecule has 0 aliphatic carbocycles. The second kappa shape index (κ2) is 7.65. The molecule has 11 heteroatoms. The minimum atomic E-state index is -0.351. The van der Waals surface area contributed by atoms with E-state index in [1.54, 1.807) is 24.4 Å². The minimum Gasteiger partial charge on any atom is -0.381 e. The fourth-order valence-corrected chi connectivity index (χ4v) is 4.64. The average Bonchev–Trinajstić information content (AvgIpc) is 3.52. The van der Waals surface area contributed by atoms with E-state index in [0.29, 0.717) is 43.2 Å². The van der Waals surface area contributed by atoms with Crippen molar-refractivity contribution in [2.75, 3.05) is 26.3 Å². The van der Waals surface area contributed by atoms with Gasteiger partial charge in [-0.25, -0.2) is 9.89 Å². The van der Waals surface area contributed by atoms with Gasteiger partial charge in [-0.05, 0) is 42.9 Å². The number of likely N-dealkylation sites (tertiary alicyclic amines) is 1. The van der Waals surface area contributed by atoms with Crippen LogP contribution in [0.1, 0.15) is 40.1 Å². The van der Waals surface area contributed by atoms with Gasteiger partial charge in [-0.1, -0.05) is 0 Å². The van der Waals surface area contributed by atoms with Crippen LogP contribution in [0.4, 0.5) is 0 Å². The lowest BCUT2D eigenvalue weighted by atomic mass is 9.78. The Morgan fingerprint density at radius 3 is 2.87 bits per heavy atom. The zero-order valence-corrected chi connectivity index (χ0v) is 16.8. The van der Waals surface area contributed by atoms with Gasteiger partial charge in [0.25, 0.3) is 11.8 Å². The molecule has 0 saturated carbocycles. The summed E-state index contributed by atoms with van der Waals surface area (Å²) >= 11 is 0. The number of amides is 2. The van der Waals surface area contributed by atoms with Crippen LogP contribution in [0.3, 0.4) is 0 Å². The van der Waals surface area contributed by atoms with Crippen molar-refractivity contribution in [2.45, 2.75) is 25.3 Å². The molecule has 2 fully saturated rings. The van der Waals surface area contributed by atoms with Gasteiger partial charge >= 0.3 is 5.69 Å². The summed E-state index contributed by atoms with van der Waals surface area (Å²) in [5, 5.41) is 15.7. The molecule has 2 aliphatic heterocycles. The highest BCUT2D eigenvalue weighted by Gasteiger charge is 2.46. The molecule has 5 rings (SSSR count). The first-order chi connectivity index (χ1) is 15.0. The van der Waals surface area contributed by atoms with Crippen molar-refractivity contribution < 1.29 is 14.3 Å². The number of nitrogens with one attached hydrogen (secondary N) is 3. The summed E-state index contributed by atoms with van der Waals surface area (Å²) in [7, 11) is 0. The van der Waals surface area contributed by atoms with Crippen LogP contribution in [0, 0.1) is 5.41 Å². The number of H-pyrrole nitrogens is 2. The van der Waals surface area contributed by atoms with Crippen LogP contribution in [-0.4, -0.2) is 73.9 Å². The van der Waals surface area contributed by atoms with Gasteiger partial charge in [0.2, 0.25) is 0 Å². The Labute approximate surface area is 176 Å². The highest BCUT2D eigenvalue weighted by Crippen LogP contribution is 2.43. The van der Waals surface area contributed by atoms with Gasteiger partial charge in [0.1, 0.15) is 5.69 Å². The molecule has 162 valence electrons. The average molecular weight is 425 g/mol. The Balaban J connectivity index is 1.38. The van der Waals surface area contributed by atoms with Crippen LogP contribution in [0.2, 0.25) is 0 Å². The summed E-state index contributed by atoms with van der Waals surface area (Å²) in [5.74, 6) is -0.391. The molecule has 3 aromatic rings. The third-order valence-electron chi connectivity index (χ3n) is 6.34. The summed E-state index contributed by atoms with van der Waals surface area (Å²) in [6.45, 7) is 2.31. The summed E-state index contributed by atoms with van der Waals surface area (Å²) in [4.78, 5) is 39.4. The van der Waals surface area contributed by atoms with Crippen LogP contribution in [0.5, 0.6) is 0 Å². The van der Waals surface area contributed by atoms with Crippen LogP contribution < -0.4 is 11.0 Å². The number of rotatable bonds is 4. The second-order valence-corrected chi connectivity index (χ2v) is 8.26. The Bertz CT molecular complexity index is 1160. The van der Waals surface area contributed by atoms with E-state index >= 15 is 0 Å². The van der Waals surface area contributed by atoms with Crippen molar-refractivity contribution in [3.63, 3.8) is 0 Å². The van der Waals surface area contributed by atoms with Crippen LogP contribution in [-0.2, 0) is 4.74 Å². The van der Waals surface area contributed by atoms with Gasteiger partial charge in [0.15, 0.2) is 5.65 Å². The monoisotopic (exact) mass is 425 g/mol. The smallest absolute Gasteiger partial charge is 0.347 e. The van der Waals surface area contributed by atoms with E-state index in [9.17, 15) is 14.4 Å². The maximum atomic E-state index is 13.4. The molecular weight excluding hydrogens is 402 g/mol. The maximum absolute atomic E-state index is 13.4. The number of carbonyl (C=O) groups is 2. The lowest BCUT2D eigenvalue weighted by Crippen LogP contribution is -2.43. The van der Waals surface area contributed by atoms with Gasteiger partial charge in [0, 0.05) is 50.3 Å². The van der Waals surface area contributed by atoms with Gasteiger partial charge in [-0.15, -0.1) is 0 Å². The molecule has 11 nitrogen and oxygen atoms in total. The molecule has 2 saturated heterocycles. The standard InChI is InChI=1S/C20H23N7O4/c28-17(15-1-5-22-23-15)21-11-14-10-20(3-7-31-8-4-20)12-27(14)18(29)13-2-6-26-16(9-13)24-25-19(26)30/h1-2,5-6,9,14H,3-4,7-8,10-12H2,(H,21,28)(H,22,23)(H,25,30). The molecule has 1 unspecified atom stereocenters. The summed E-state index contributed by atoms with van der Waals surface area (Å²) in [5.41, 5.74) is 0.868. The van der Waals surface area contributed by atoms with E-state index < -0.39 is 0 Å². The van der Waals surface area contributed by atoms with E-state index in [-0.39, 0.29) is 29.0 Å². The molecule has 2 aliphatic rings. The highest BCUT2D eigenvalue weighted by molar-refractivity contribution is 5.96. The number of fused-ring (bicyclic) bond motifs is 1. The highest BCUT2D eigenvalue weighted by atomic mass is 16.5. The summed E-state index contributed by atoms with van der Waals surface area (Å²) < 4.78 is 6.89. The number of hydrogen-bond acceptors (Lipinski definition) is 6. The molecule has 31 heavy (non-hydrogen) atoms. The van der Waals surface area contributed by atoms with E-state index in [1.807, 2.05) is 4.90 Å². The van der Waals surface area contributed by atoms with Crippen molar-refractivity contribution in [1.29, 1.82) is 0 Å². The Hall–Kier alpha value is -3.47.